The third-order valence-corrected chi connectivity index (χ3v) is 13.1. The van der Waals surface area contributed by atoms with Crippen molar-refractivity contribution >= 4 is 70.9 Å². The standard InChI is InChI=1S/C49H76N12O14/c1-3-27(2)12-9-7-5-4-6-8-10-13-30-42(68)57-34(24-40(52)66)45(71)56-32(22-28-15-17-29(63)18-16-28)43(69)58-35(25-41(53)67)46(72)60-36(26-62)47(73)59-33(23-39(51)65)44(70)55-31(19-20-38(50)64)49(75)61-21-11-14-37(61)48(74)54-30/h15-18,27,30-37,62-63H,3-14,19-26H2,1-2H3,(H2,50,64)(H2,51,65)(H2,52,66)(H2,53,67)(H,54,74)(H,55,70)(H,56,71)(H,57,68)(H,58,69)(H,59,73)(H,60,72)/t27?,30-,31-,32-,33-,34-,35-,36-,37-/m0/s1. The van der Waals surface area contributed by atoms with Gasteiger partial charge in [0.2, 0.25) is 70.9 Å². The zero-order chi connectivity index (χ0) is 55.8. The van der Waals surface area contributed by atoms with Crippen LogP contribution < -0.4 is 60.2 Å². The number of benzene rings is 1. The summed E-state index contributed by atoms with van der Waals surface area (Å²) in [6, 6.07) is -8.12. The molecule has 1 aromatic rings. The molecule has 75 heavy (non-hydrogen) atoms. The Balaban J connectivity index is 2.13. The Bertz CT molecular complexity index is 2200. The van der Waals surface area contributed by atoms with Gasteiger partial charge in [0, 0.05) is 19.4 Å². The van der Waals surface area contributed by atoms with E-state index < -0.39 is 158 Å². The maximum Gasteiger partial charge on any atom is 0.245 e. The van der Waals surface area contributed by atoms with Gasteiger partial charge in [-0.25, -0.2) is 0 Å². The summed E-state index contributed by atoms with van der Waals surface area (Å²) in [6.45, 7) is 3.16. The predicted molar refractivity (Wildman–Crippen MR) is 268 cm³/mol. The molecule has 12 amide bonds. The molecule has 2 fully saturated rings. The quantitative estimate of drug-likeness (QED) is 0.0480. The molecule has 416 valence electrons. The topological polar surface area (TPSA) is 437 Å². The first kappa shape index (κ1) is 61.9. The number of amides is 12. The van der Waals surface area contributed by atoms with Crippen molar-refractivity contribution in [1.29, 1.82) is 0 Å². The molecule has 0 bridgehead atoms. The molecule has 0 aliphatic carbocycles. The third kappa shape index (κ3) is 21.5. The Morgan fingerprint density at radius 2 is 0.987 bits per heavy atom. The molecule has 0 radical (unpaired) electrons. The fourth-order valence-corrected chi connectivity index (χ4v) is 8.65. The molecule has 2 heterocycles. The first-order valence-electron chi connectivity index (χ1n) is 25.5. The van der Waals surface area contributed by atoms with Gasteiger partial charge < -0.3 is 75.3 Å². The van der Waals surface area contributed by atoms with E-state index in [1.807, 2.05) is 0 Å². The molecular formula is C49H76N12O14. The third-order valence-electron chi connectivity index (χ3n) is 13.1. The number of aromatic hydroxyl groups is 1. The van der Waals surface area contributed by atoms with Crippen LogP contribution in [-0.2, 0) is 64.0 Å². The lowest BCUT2D eigenvalue weighted by molar-refractivity contribution is -0.143. The van der Waals surface area contributed by atoms with E-state index in [0.29, 0.717) is 24.3 Å². The molecule has 26 nitrogen and oxygen atoms in total. The van der Waals surface area contributed by atoms with Gasteiger partial charge in [-0.2, -0.15) is 0 Å². The summed E-state index contributed by atoms with van der Waals surface area (Å²) in [6.07, 6.45) is 4.67. The average molecular weight is 1060 g/mol. The number of phenols is 1. The molecule has 2 aliphatic rings. The van der Waals surface area contributed by atoms with Crippen molar-refractivity contribution in [3.05, 3.63) is 29.8 Å². The van der Waals surface area contributed by atoms with E-state index >= 15 is 0 Å². The van der Waals surface area contributed by atoms with E-state index in [0.717, 1.165) is 49.8 Å². The maximum absolute atomic E-state index is 14.3. The molecule has 1 unspecified atom stereocenters. The zero-order valence-electron chi connectivity index (χ0n) is 42.7. The number of hydrogen-bond donors (Lipinski definition) is 13. The number of carbonyl (C=O) groups is 12. The van der Waals surface area contributed by atoms with E-state index in [4.69, 9.17) is 22.9 Å². The van der Waals surface area contributed by atoms with Crippen molar-refractivity contribution in [2.24, 2.45) is 28.9 Å². The fourth-order valence-electron chi connectivity index (χ4n) is 8.65. The van der Waals surface area contributed by atoms with Crippen LogP contribution in [0.2, 0.25) is 0 Å². The molecule has 17 N–H and O–H groups in total. The Kier molecular flexibility index (Phi) is 25.9. The van der Waals surface area contributed by atoms with Crippen LogP contribution in [0.15, 0.2) is 24.3 Å². The number of aliphatic hydroxyl groups excluding tert-OH is 1. The molecule has 2 aliphatic heterocycles. The van der Waals surface area contributed by atoms with Crippen LogP contribution in [0.1, 0.15) is 129 Å². The van der Waals surface area contributed by atoms with Gasteiger partial charge in [0.25, 0.3) is 0 Å². The second-order valence-corrected chi connectivity index (χ2v) is 19.3. The molecule has 2 saturated heterocycles. The van der Waals surface area contributed by atoms with Crippen LogP contribution in [0.4, 0.5) is 0 Å². The SMILES string of the molecule is CCC(C)CCCCCCCCC[C@@H]1NC(=O)[C@@H]2CCCN2C(=O)[C@H](CCC(N)=O)NC(=O)[C@H](CC(N)=O)NC(=O)[C@H](CO)NC(=O)[C@H](CC(N)=O)NC(=O)[C@H](Cc2ccc(O)cc2)NC(=O)[C@H](CC(N)=O)NC1=O. The second kappa shape index (κ2) is 31.4. The zero-order valence-corrected chi connectivity index (χ0v) is 42.7. The van der Waals surface area contributed by atoms with Gasteiger partial charge in [-0.05, 0) is 49.3 Å². The molecule has 9 atom stereocenters. The van der Waals surface area contributed by atoms with Crippen LogP contribution in [-0.4, -0.2) is 147 Å². The normalized spacial score (nSPS) is 24.2. The fraction of sp³-hybridized carbons (Fsp3) is 0.633. The van der Waals surface area contributed by atoms with Crippen LogP contribution in [0.5, 0.6) is 5.75 Å². The minimum atomic E-state index is -1.96. The lowest BCUT2D eigenvalue weighted by Crippen LogP contribution is -2.62. The van der Waals surface area contributed by atoms with E-state index in [-0.39, 0.29) is 38.0 Å². The number of aliphatic hydroxyl groups is 1. The van der Waals surface area contributed by atoms with E-state index in [9.17, 15) is 67.7 Å². The number of phenolic OH excluding ortho intramolecular Hbond substituents is 1. The number of unbranched alkanes of at least 4 members (excludes halogenated alkanes) is 6. The van der Waals surface area contributed by atoms with Crippen molar-refractivity contribution < 1.29 is 67.7 Å². The van der Waals surface area contributed by atoms with Crippen molar-refractivity contribution in [2.45, 2.75) is 178 Å². The van der Waals surface area contributed by atoms with Gasteiger partial charge in [0.05, 0.1) is 25.9 Å². The largest absolute Gasteiger partial charge is 0.508 e. The van der Waals surface area contributed by atoms with Gasteiger partial charge in [0.15, 0.2) is 0 Å². The van der Waals surface area contributed by atoms with E-state index in [1.165, 1.54) is 24.3 Å². The highest BCUT2D eigenvalue weighted by molar-refractivity contribution is 6.01. The molecule has 0 spiro atoms. The van der Waals surface area contributed by atoms with Crippen LogP contribution >= 0.6 is 0 Å². The van der Waals surface area contributed by atoms with Gasteiger partial charge in [0.1, 0.15) is 54.1 Å². The number of nitrogens with one attached hydrogen (secondary N) is 7. The van der Waals surface area contributed by atoms with Crippen molar-refractivity contribution in [3.8, 4) is 5.75 Å². The maximum atomic E-state index is 14.3. The van der Waals surface area contributed by atoms with Gasteiger partial charge in [-0.1, -0.05) is 83.8 Å². The monoisotopic (exact) mass is 1060 g/mol. The molecule has 26 heteroatoms. The number of hydrogen-bond acceptors (Lipinski definition) is 14. The summed E-state index contributed by atoms with van der Waals surface area (Å²) < 4.78 is 0. The minimum Gasteiger partial charge on any atom is -0.508 e. The number of rotatable bonds is 23. The summed E-state index contributed by atoms with van der Waals surface area (Å²) in [5, 5.41) is 36.7. The van der Waals surface area contributed by atoms with E-state index in [1.54, 1.807) is 0 Å². The van der Waals surface area contributed by atoms with Crippen molar-refractivity contribution in [2.75, 3.05) is 13.2 Å². The van der Waals surface area contributed by atoms with Crippen LogP contribution in [0, 0.1) is 5.92 Å². The number of nitrogens with two attached hydrogens (primary N) is 4. The Hall–Kier alpha value is -7.38. The molecular weight excluding hydrogens is 981 g/mol. The van der Waals surface area contributed by atoms with Crippen LogP contribution in [0.25, 0.3) is 0 Å². The second-order valence-electron chi connectivity index (χ2n) is 19.3. The smallest absolute Gasteiger partial charge is 0.245 e. The lowest BCUT2D eigenvalue weighted by atomic mass is 9.99. The first-order valence-corrected chi connectivity index (χ1v) is 25.5. The highest BCUT2D eigenvalue weighted by Crippen LogP contribution is 2.22. The summed E-state index contributed by atoms with van der Waals surface area (Å²) >= 11 is 0. The van der Waals surface area contributed by atoms with Crippen LogP contribution in [0.3, 0.4) is 0 Å². The van der Waals surface area contributed by atoms with Crippen molar-refractivity contribution in [1.82, 2.24) is 42.1 Å². The Labute approximate surface area is 435 Å². The highest BCUT2D eigenvalue weighted by Gasteiger charge is 2.41. The van der Waals surface area contributed by atoms with Gasteiger partial charge >= 0.3 is 0 Å². The van der Waals surface area contributed by atoms with E-state index in [2.05, 4.69) is 51.1 Å². The number of nitrogens with zero attached hydrogens (tertiary/aromatic N) is 1. The number of carbonyl (C=O) groups excluding carboxylic acids is 12. The Morgan fingerprint density at radius 3 is 1.48 bits per heavy atom. The molecule has 1 aromatic carbocycles. The highest BCUT2D eigenvalue weighted by atomic mass is 16.3. The van der Waals surface area contributed by atoms with Gasteiger partial charge in [-0.15, -0.1) is 0 Å². The summed E-state index contributed by atoms with van der Waals surface area (Å²) in [5.41, 5.74) is 22.1. The summed E-state index contributed by atoms with van der Waals surface area (Å²) in [4.78, 5) is 163. The van der Waals surface area contributed by atoms with Crippen molar-refractivity contribution in [3.63, 3.8) is 0 Å². The average Bonchev–Trinajstić information content (AvgIpc) is 3.85. The summed E-state index contributed by atoms with van der Waals surface area (Å²) in [5.74, 6) is -12.4. The first-order chi connectivity index (χ1) is 35.5. The molecule has 0 saturated carbocycles. The molecule has 0 aromatic heterocycles. The number of fused-ring (bicyclic) bond motifs is 1. The predicted octanol–water partition coefficient (Wildman–Crippen LogP) is -3.23. The summed E-state index contributed by atoms with van der Waals surface area (Å²) in [7, 11) is 0. The number of primary amides is 4. The Morgan fingerprint density at radius 1 is 0.560 bits per heavy atom. The lowest BCUT2D eigenvalue weighted by Gasteiger charge is -2.31. The van der Waals surface area contributed by atoms with Gasteiger partial charge in [-0.3, -0.25) is 57.5 Å². The molecule has 3 rings (SSSR count). The minimum absolute atomic E-state index is 0.0216.